The smallest absolute Gasteiger partial charge is 0.425 e. The largest absolute Gasteiger partial charge is 0.488 e. The highest BCUT2D eigenvalue weighted by Gasteiger charge is 2.59. The summed E-state index contributed by atoms with van der Waals surface area (Å²) in [6, 6.07) is 0. The third-order valence-electron chi connectivity index (χ3n) is 7.12. The molecule has 8 nitrogen and oxygen atoms in total. The van der Waals surface area contributed by atoms with Crippen molar-refractivity contribution in [2.24, 2.45) is 0 Å². The van der Waals surface area contributed by atoms with E-state index in [4.69, 9.17) is 4.74 Å². The van der Waals surface area contributed by atoms with E-state index in [1.807, 2.05) is 18.7 Å². The molecular weight excluding hydrogens is 453 g/mol. The summed E-state index contributed by atoms with van der Waals surface area (Å²) in [6.07, 6.45) is -0.511. The number of likely N-dealkylation sites (tertiary alicyclic amines) is 2. The highest BCUT2D eigenvalue weighted by Crippen LogP contribution is 2.51. The fourth-order valence-corrected chi connectivity index (χ4v) is 4.99. The van der Waals surface area contributed by atoms with Crippen LogP contribution >= 0.6 is 0 Å². The molecule has 0 aromatic carbocycles. The van der Waals surface area contributed by atoms with Crippen molar-refractivity contribution in [1.29, 1.82) is 0 Å². The second-order valence-corrected chi connectivity index (χ2v) is 9.83. The van der Waals surface area contributed by atoms with E-state index < -0.39 is 29.3 Å². The molecule has 1 atom stereocenters. The number of aromatic nitrogens is 2. The maximum Gasteiger partial charge on any atom is 0.425 e. The third-order valence-corrected chi connectivity index (χ3v) is 7.12. The van der Waals surface area contributed by atoms with Crippen LogP contribution in [0.25, 0.3) is 0 Å². The van der Waals surface area contributed by atoms with Crippen LogP contribution in [0, 0.1) is 0 Å². The number of halogens is 3. The zero-order valence-electron chi connectivity index (χ0n) is 19.7. The van der Waals surface area contributed by atoms with Crippen molar-refractivity contribution in [3.05, 3.63) is 18.2 Å². The zero-order chi connectivity index (χ0) is 24.7. The quantitative estimate of drug-likeness (QED) is 0.632. The van der Waals surface area contributed by atoms with Crippen LogP contribution < -0.4 is 4.74 Å². The number of hydrogen-bond donors (Lipinski definition) is 0. The van der Waals surface area contributed by atoms with Crippen molar-refractivity contribution < 1.29 is 32.2 Å². The first-order valence-electron chi connectivity index (χ1n) is 11.8. The number of alkyl halides is 3. The molecule has 0 bridgehead atoms. The molecular formula is C23H31F3N4O4. The molecule has 3 fully saturated rings. The fourth-order valence-electron chi connectivity index (χ4n) is 4.99. The standard InChI is InChI=1S/C23H31F3N4O4/c1-15(2)33-17-13-27-18(28-14-17)22(6-7-22)19(31)30-10-4-5-21(30)8-11-29(12-9-21)20(32)34-16(3)23(24,25)26/h13-16H,4-12H2,1-3H3. The molecule has 1 aromatic heterocycles. The van der Waals surface area contributed by atoms with Crippen molar-refractivity contribution in [3.8, 4) is 5.75 Å². The van der Waals surface area contributed by atoms with Gasteiger partial charge < -0.3 is 19.3 Å². The van der Waals surface area contributed by atoms with Crippen LogP contribution in [0.3, 0.4) is 0 Å². The van der Waals surface area contributed by atoms with Crippen molar-refractivity contribution >= 4 is 12.0 Å². The lowest BCUT2D eigenvalue weighted by Gasteiger charge is -2.45. The molecule has 11 heteroatoms. The van der Waals surface area contributed by atoms with E-state index in [-0.39, 0.29) is 25.1 Å². The topological polar surface area (TPSA) is 84.9 Å². The van der Waals surface area contributed by atoms with E-state index in [1.165, 1.54) is 4.90 Å². The van der Waals surface area contributed by atoms with Gasteiger partial charge in [0.25, 0.3) is 0 Å². The molecule has 3 heterocycles. The molecule has 34 heavy (non-hydrogen) atoms. The SMILES string of the molecule is CC(C)Oc1cnc(C2(C(=O)N3CCCC34CCN(C(=O)OC(C)C(F)(F)F)CC4)CC2)nc1. The molecule has 2 amide bonds. The Labute approximate surface area is 196 Å². The lowest BCUT2D eigenvalue weighted by atomic mass is 9.84. The molecule has 4 rings (SSSR count). The Morgan fingerprint density at radius 3 is 2.15 bits per heavy atom. The molecule has 2 saturated heterocycles. The monoisotopic (exact) mass is 484 g/mol. The third kappa shape index (κ3) is 4.65. The maximum atomic E-state index is 13.7. The van der Waals surface area contributed by atoms with Gasteiger partial charge in [-0.2, -0.15) is 13.2 Å². The average molecular weight is 485 g/mol. The number of nitrogens with zero attached hydrogens (tertiary/aromatic N) is 4. The summed E-state index contributed by atoms with van der Waals surface area (Å²) in [4.78, 5) is 38.0. The molecule has 1 aliphatic carbocycles. The molecule has 3 aliphatic rings. The number of rotatable bonds is 5. The molecule has 1 spiro atoms. The van der Waals surface area contributed by atoms with Gasteiger partial charge in [0.05, 0.1) is 18.5 Å². The Kier molecular flexibility index (Phi) is 6.41. The Morgan fingerprint density at radius 2 is 1.62 bits per heavy atom. The van der Waals surface area contributed by atoms with Crippen molar-refractivity contribution in [2.75, 3.05) is 19.6 Å². The Morgan fingerprint density at radius 1 is 1.00 bits per heavy atom. The highest BCUT2D eigenvalue weighted by atomic mass is 19.4. The summed E-state index contributed by atoms with van der Waals surface area (Å²) in [5, 5.41) is 0. The number of carbonyl (C=O) groups is 2. The van der Waals surface area contributed by atoms with Crippen molar-refractivity contribution in [3.63, 3.8) is 0 Å². The van der Waals surface area contributed by atoms with Gasteiger partial charge in [0.15, 0.2) is 11.9 Å². The predicted octanol–water partition coefficient (Wildman–Crippen LogP) is 3.84. The van der Waals surface area contributed by atoms with E-state index >= 15 is 0 Å². The lowest BCUT2D eigenvalue weighted by molar-refractivity contribution is -0.200. The minimum absolute atomic E-state index is 0.00393. The van der Waals surface area contributed by atoms with E-state index in [0.29, 0.717) is 43.8 Å². The molecule has 1 saturated carbocycles. The Balaban J connectivity index is 1.42. The fraction of sp³-hybridized carbons (Fsp3) is 0.739. The van der Waals surface area contributed by atoms with Gasteiger partial charge in [-0.15, -0.1) is 0 Å². The lowest BCUT2D eigenvalue weighted by Crippen LogP contribution is -2.57. The Bertz CT molecular complexity index is 910. The molecule has 1 unspecified atom stereocenters. The van der Waals surface area contributed by atoms with E-state index in [1.54, 1.807) is 12.4 Å². The van der Waals surface area contributed by atoms with Gasteiger partial charge in [-0.05, 0) is 59.3 Å². The normalized spacial score (nSPS) is 22.1. The highest BCUT2D eigenvalue weighted by molar-refractivity contribution is 5.91. The molecule has 0 N–H and O–H groups in total. The van der Waals surface area contributed by atoms with Crippen LogP contribution in [-0.4, -0.2) is 75.3 Å². The maximum absolute atomic E-state index is 13.7. The van der Waals surface area contributed by atoms with Crippen LogP contribution in [-0.2, 0) is 14.9 Å². The van der Waals surface area contributed by atoms with Gasteiger partial charge in [-0.1, -0.05) is 0 Å². The number of ether oxygens (including phenoxy) is 2. The van der Waals surface area contributed by atoms with Gasteiger partial charge in [-0.3, -0.25) is 4.79 Å². The summed E-state index contributed by atoms with van der Waals surface area (Å²) >= 11 is 0. The first-order chi connectivity index (χ1) is 16.0. The van der Waals surface area contributed by atoms with E-state index in [9.17, 15) is 22.8 Å². The second-order valence-electron chi connectivity index (χ2n) is 9.83. The first-order valence-corrected chi connectivity index (χ1v) is 11.8. The number of piperidine rings is 1. The molecule has 1 aromatic rings. The summed E-state index contributed by atoms with van der Waals surface area (Å²) in [5.74, 6) is 1.06. The Hall–Kier alpha value is -2.59. The van der Waals surface area contributed by atoms with Crippen LogP contribution in [0.15, 0.2) is 12.4 Å². The summed E-state index contributed by atoms with van der Waals surface area (Å²) in [6.45, 7) is 5.75. The van der Waals surface area contributed by atoms with Crippen LogP contribution in [0.1, 0.15) is 65.1 Å². The number of amides is 2. The predicted molar refractivity (Wildman–Crippen MR) is 115 cm³/mol. The molecule has 2 aliphatic heterocycles. The van der Waals surface area contributed by atoms with Gasteiger partial charge in [0, 0.05) is 25.2 Å². The van der Waals surface area contributed by atoms with Gasteiger partial charge in [0.2, 0.25) is 5.91 Å². The molecule has 0 radical (unpaired) electrons. The van der Waals surface area contributed by atoms with Crippen LogP contribution in [0.5, 0.6) is 5.75 Å². The second kappa shape index (κ2) is 8.88. The summed E-state index contributed by atoms with van der Waals surface area (Å²) in [7, 11) is 0. The van der Waals surface area contributed by atoms with E-state index in [2.05, 4.69) is 14.7 Å². The summed E-state index contributed by atoms with van der Waals surface area (Å²) < 4.78 is 48.4. The zero-order valence-corrected chi connectivity index (χ0v) is 19.7. The first kappa shape index (κ1) is 24.5. The summed E-state index contributed by atoms with van der Waals surface area (Å²) in [5.41, 5.74) is -1.13. The van der Waals surface area contributed by atoms with Gasteiger partial charge in [-0.25, -0.2) is 14.8 Å². The van der Waals surface area contributed by atoms with Crippen LogP contribution in [0.2, 0.25) is 0 Å². The minimum atomic E-state index is -4.60. The number of hydrogen-bond acceptors (Lipinski definition) is 6. The van der Waals surface area contributed by atoms with Gasteiger partial charge >= 0.3 is 12.3 Å². The molecule has 188 valence electrons. The number of carbonyl (C=O) groups excluding carboxylic acids is 2. The average Bonchev–Trinajstić information content (AvgIpc) is 3.49. The van der Waals surface area contributed by atoms with Crippen LogP contribution in [0.4, 0.5) is 18.0 Å². The van der Waals surface area contributed by atoms with Crippen molar-refractivity contribution in [2.45, 2.75) is 88.6 Å². The van der Waals surface area contributed by atoms with E-state index in [0.717, 1.165) is 19.8 Å². The van der Waals surface area contributed by atoms with Gasteiger partial charge in [0.1, 0.15) is 11.2 Å². The van der Waals surface area contributed by atoms with Crippen molar-refractivity contribution in [1.82, 2.24) is 19.8 Å². The minimum Gasteiger partial charge on any atom is -0.488 e.